The summed E-state index contributed by atoms with van der Waals surface area (Å²) < 4.78 is 0. The van der Waals surface area contributed by atoms with E-state index in [1.54, 1.807) is 6.20 Å². The summed E-state index contributed by atoms with van der Waals surface area (Å²) in [5.41, 5.74) is 2.17. The highest BCUT2D eigenvalue weighted by Crippen LogP contribution is 2.15. The molecule has 1 aromatic rings. The smallest absolute Gasteiger partial charge is 0.329 e. The molecule has 0 amide bonds. The Hall–Kier alpha value is -1.77. The molecule has 1 N–H and O–H groups in total. The molecular formula is C12H15NO2. The summed E-state index contributed by atoms with van der Waals surface area (Å²) in [5.74, 6) is -0.930. The van der Waals surface area contributed by atoms with E-state index < -0.39 is 5.97 Å². The first kappa shape index (κ1) is 11.3. The molecule has 0 saturated carbocycles. The standard InChI is InChI=1S/C12H15NO2/c1-3-13(8-7-12(14)15)11-6-4-5-10(2)9-11/h4-9H,3H2,1-2H3,(H,14,15). The van der Waals surface area contributed by atoms with Gasteiger partial charge in [0.25, 0.3) is 0 Å². The molecule has 0 aliphatic heterocycles. The molecule has 0 aliphatic rings. The monoisotopic (exact) mass is 205 g/mol. The highest BCUT2D eigenvalue weighted by molar-refractivity contribution is 5.80. The Kier molecular flexibility index (Phi) is 3.92. The zero-order valence-electron chi connectivity index (χ0n) is 8.97. The van der Waals surface area contributed by atoms with Gasteiger partial charge in [-0.15, -0.1) is 0 Å². The first-order valence-corrected chi connectivity index (χ1v) is 4.88. The van der Waals surface area contributed by atoms with E-state index in [0.717, 1.165) is 23.9 Å². The topological polar surface area (TPSA) is 40.5 Å². The summed E-state index contributed by atoms with van der Waals surface area (Å²) in [6.45, 7) is 4.74. The number of nitrogens with zero attached hydrogens (tertiary/aromatic N) is 1. The van der Waals surface area contributed by atoms with Crippen molar-refractivity contribution in [1.29, 1.82) is 0 Å². The molecule has 0 aromatic heterocycles. The van der Waals surface area contributed by atoms with E-state index in [4.69, 9.17) is 5.11 Å². The zero-order valence-corrected chi connectivity index (χ0v) is 8.97. The van der Waals surface area contributed by atoms with Gasteiger partial charge in [-0.05, 0) is 31.5 Å². The second-order valence-corrected chi connectivity index (χ2v) is 3.28. The van der Waals surface area contributed by atoms with Crippen LogP contribution in [0.4, 0.5) is 5.69 Å². The number of benzene rings is 1. The molecule has 0 atom stereocenters. The van der Waals surface area contributed by atoms with Gasteiger partial charge in [0.2, 0.25) is 0 Å². The summed E-state index contributed by atoms with van der Waals surface area (Å²) in [4.78, 5) is 12.3. The lowest BCUT2D eigenvalue weighted by atomic mass is 10.2. The van der Waals surface area contributed by atoms with Crippen molar-refractivity contribution in [2.75, 3.05) is 11.4 Å². The van der Waals surface area contributed by atoms with Crippen LogP contribution in [0.5, 0.6) is 0 Å². The van der Waals surface area contributed by atoms with Gasteiger partial charge in [0, 0.05) is 24.5 Å². The number of aryl methyl sites for hydroxylation is 1. The minimum Gasteiger partial charge on any atom is -0.478 e. The van der Waals surface area contributed by atoms with Gasteiger partial charge < -0.3 is 10.0 Å². The van der Waals surface area contributed by atoms with Crippen molar-refractivity contribution in [1.82, 2.24) is 0 Å². The minimum absolute atomic E-state index is 0.743. The van der Waals surface area contributed by atoms with Gasteiger partial charge in [0.1, 0.15) is 0 Å². The number of carbonyl (C=O) groups is 1. The molecule has 0 unspecified atom stereocenters. The number of hydrogen-bond donors (Lipinski definition) is 1. The van der Waals surface area contributed by atoms with E-state index in [1.807, 2.05) is 43.0 Å². The van der Waals surface area contributed by atoms with Crippen molar-refractivity contribution >= 4 is 11.7 Å². The number of rotatable bonds is 4. The molecule has 0 spiro atoms. The molecular weight excluding hydrogens is 190 g/mol. The summed E-state index contributed by atoms with van der Waals surface area (Å²) in [6.07, 6.45) is 2.73. The van der Waals surface area contributed by atoms with Gasteiger partial charge in [-0.25, -0.2) is 4.79 Å². The first-order valence-electron chi connectivity index (χ1n) is 4.88. The van der Waals surface area contributed by atoms with Gasteiger partial charge in [0.05, 0.1) is 0 Å². The van der Waals surface area contributed by atoms with E-state index in [9.17, 15) is 4.79 Å². The Morgan fingerprint density at radius 1 is 1.53 bits per heavy atom. The molecule has 0 fully saturated rings. The molecule has 15 heavy (non-hydrogen) atoms. The lowest BCUT2D eigenvalue weighted by Gasteiger charge is -2.18. The minimum atomic E-state index is -0.930. The summed E-state index contributed by atoms with van der Waals surface area (Å²) in [7, 11) is 0. The van der Waals surface area contributed by atoms with Crippen LogP contribution in [0.15, 0.2) is 36.5 Å². The maximum Gasteiger partial charge on any atom is 0.329 e. The number of carboxylic acids is 1. The molecule has 3 heteroatoms. The fraction of sp³-hybridized carbons (Fsp3) is 0.250. The molecule has 80 valence electrons. The Morgan fingerprint density at radius 2 is 2.27 bits per heavy atom. The summed E-state index contributed by atoms with van der Waals surface area (Å²) in [5, 5.41) is 8.55. The van der Waals surface area contributed by atoms with Crippen molar-refractivity contribution in [2.45, 2.75) is 13.8 Å². The number of hydrogen-bond acceptors (Lipinski definition) is 2. The van der Waals surface area contributed by atoms with Crippen LogP contribution >= 0.6 is 0 Å². The van der Waals surface area contributed by atoms with E-state index in [-0.39, 0.29) is 0 Å². The van der Waals surface area contributed by atoms with E-state index in [2.05, 4.69) is 0 Å². The third-order valence-corrected chi connectivity index (χ3v) is 2.07. The van der Waals surface area contributed by atoms with Crippen LogP contribution in [0.25, 0.3) is 0 Å². The average Bonchev–Trinajstić information content (AvgIpc) is 2.18. The van der Waals surface area contributed by atoms with Crippen LogP contribution in [0, 0.1) is 6.92 Å². The molecule has 0 heterocycles. The number of anilines is 1. The van der Waals surface area contributed by atoms with Crippen molar-refractivity contribution in [3.05, 3.63) is 42.1 Å². The fourth-order valence-corrected chi connectivity index (χ4v) is 1.33. The second-order valence-electron chi connectivity index (χ2n) is 3.28. The van der Waals surface area contributed by atoms with Crippen LogP contribution in [0.2, 0.25) is 0 Å². The van der Waals surface area contributed by atoms with E-state index in [1.165, 1.54) is 0 Å². The van der Waals surface area contributed by atoms with Crippen molar-refractivity contribution in [2.24, 2.45) is 0 Å². The van der Waals surface area contributed by atoms with Crippen LogP contribution < -0.4 is 4.90 Å². The third-order valence-electron chi connectivity index (χ3n) is 2.07. The zero-order chi connectivity index (χ0) is 11.3. The fourth-order valence-electron chi connectivity index (χ4n) is 1.33. The maximum absolute atomic E-state index is 10.4. The highest BCUT2D eigenvalue weighted by atomic mass is 16.4. The first-order chi connectivity index (χ1) is 7.13. The molecule has 1 aromatic carbocycles. The van der Waals surface area contributed by atoms with Gasteiger partial charge in [-0.2, -0.15) is 0 Å². The number of carboxylic acid groups (broad SMARTS) is 1. The molecule has 0 bridgehead atoms. The molecule has 0 radical (unpaired) electrons. The van der Waals surface area contributed by atoms with E-state index in [0.29, 0.717) is 0 Å². The predicted molar refractivity (Wildman–Crippen MR) is 61.0 cm³/mol. The lowest BCUT2D eigenvalue weighted by molar-refractivity contribution is -0.131. The normalized spacial score (nSPS) is 10.5. The molecule has 3 nitrogen and oxygen atoms in total. The third kappa shape index (κ3) is 3.46. The Balaban J connectivity index is 2.87. The van der Waals surface area contributed by atoms with Crippen LogP contribution in [0.3, 0.4) is 0 Å². The van der Waals surface area contributed by atoms with Gasteiger partial charge in [-0.3, -0.25) is 0 Å². The second kappa shape index (κ2) is 5.20. The maximum atomic E-state index is 10.4. The number of aliphatic carboxylic acids is 1. The summed E-state index contributed by atoms with van der Waals surface area (Å²) >= 11 is 0. The van der Waals surface area contributed by atoms with Gasteiger partial charge in [-0.1, -0.05) is 12.1 Å². The lowest BCUT2D eigenvalue weighted by Crippen LogP contribution is -2.15. The molecule has 0 saturated heterocycles. The van der Waals surface area contributed by atoms with E-state index >= 15 is 0 Å². The van der Waals surface area contributed by atoms with Crippen LogP contribution in [-0.2, 0) is 4.79 Å². The van der Waals surface area contributed by atoms with Crippen LogP contribution in [-0.4, -0.2) is 17.6 Å². The van der Waals surface area contributed by atoms with Crippen molar-refractivity contribution in [3.8, 4) is 0 Å². The Morgan fingerprint density at radius 3 is 2.80 bits per heavy atom. The van der Waals surface area contributed by atoms with Crippen molar-refractivity contribution in [3.63, 3.8) is 0 Å². The largest absolute Gasteiger partial charge is 0.478 e. The SMILES string of the molecule is CCN(C=CC(=O)O)c1cccc(C)c1. The predicted octanol–water partition coefficient (Wildman–Crippen LogP) is 2.42. The Labute approximate surface area is 89.6 Å². The quantitative estimate of drug-likeness (QED) is 0.767. The molecule has 0 aliphatic carbocycles. The summed E-state index contributed by atoms with van der Waals surface area (Å²) in [6, 6.07) is 7.96. The van der Waals surface area contributed by atoms with Gasteiger partial charge >= 0.3 is 5.97 Å². The van der Waals surface area contributed by atoms with Crippen molar-refractivity contribution < 1.29 is 9.90 Å². The molecule has 1 rings (SSSR count). The van der Waals surface area contributed by atoms with Gasteiger partial charge in [0.15, 0.2) is 0 Å². The average molecular weight is 205 g/mol. The van der Waals surface area contributed by atoms with Crippen LogP contribution in [0.1, 0.15) is 12.5 Å². The highest BCUT2D eigenvalue weighted by Gasteiger charge is 2.00. The Bertz CT molecular complexity index is 372.